The van der Waals surface area contributed by atoms with Gasteiger partial charge in [0.1, 0.15) is 5.00 Å². The average molecular weight is 399 g/mol. The van der Waals surface area contributed by atoms with E-state index in [1.54, 1.807) is 11.3 Å². The number of anilines is 1. The molecule has 1 saturated heterocycles. The highest BCUT2D eigenvalue weighted by Gasteiger charge is 2.31. The molecule has 4 rings (SSSR count). The molecule has 1 fully saturated rings. The lowest BCUT2D eigenvalue weighted by molar-refractivity contribution is 0.0303. The van der Waals surface area contributed by atoms with Crippen LogP contribution in [0.3, 0.4) is 0 Å². The standard InChI is InChI=1S/C22H26N2O3S/c1-14-7-8-17-18(13-14)28-21(19(17)22(26)24-9-11-27-12-10-24)23-20(25)16-6-4-3-5-15(16)2/h3-6,14H,7-13H2,1-2H3,(H,23,25)/t14-/m1/s1. The predicted molar refractivity (Wildman–Crippen MR) is 111 cm³/mol. The number of rotatable bonds is 3. The van der Waals surface area contributed by atoms with Crippen molar-refractivity contribution in [2.45, 2.75) is 33.1 Å². The van der Waals surface area contributed by atoms with Crippen LogP contribution < -0.4 is 5.32 Å². The number of hydrogen-bond acceptors (Lipinski definition) is 4. The highest BCUT2D eigenvalue weighted by Crippen LogP contribution is 2.40. The first-order valence-corrected chi connectivity index (χ1v) is 10.7. The van der Waals surface area contributed by atoms with Crippen LogP contribution in [0.5, 0.6) is 0 Å². The van der Waals surface area contributed by atoms with Crippen molar-refractivity contribution < 1.29 is 14.3 Å². The smallest absolute Gasteiger partial charge is 0.257 e. The van der Waals surface area contributed by atoms with Crippen molar-refractivity contribution in [1.82, 2.24) is 4.90 Å². The topological polar surface area (TPSA) is 58.6 Å². The van der Waals surface area contributed by atoms with E-state index in [0.29, 0.717) is 48.3 Å². The number of amides is 2. The average Bonchev–Trinajstić information content (AvgIpc) is 3.05. The summed E-state index contributed by atoms with van der Waals surface area (Å²) in [6, 6.07) is 7.53. The summed E-state index contributed by atoms with van der Waals surface area (Å²) in [7, 11) is 0. The number of nitrogens with one attached hydrogen (secondary N) is 1. The molecular weight excluding hydrogens is 372 g/mol. The maximum Gasteiger partial charge on any atom is 0.257 e. The molecule has 1 aliphatic carbocycles. The SMILES string of the molecule is Cc1ccccc1C(=O)Nc1sc2c(c1C(=O)N1CCOCC1)CC[C@@H](C)C2. The van der Waals surface area contributed by atoms with Crippen LogP contribution in [0.25, 0.3) is 0 Å². The fourth-order valence-electron chi connectivity index (χ4n) is 3.99. The van der Waals surface area contributed by atoms with Crippen molar-refractivity contribution in [2.24, 2.45) is 5.92 Å². The number of fused-ring (bicyclic) bond motifs is 1. The first-order valence-electron chi connectivity index (χ1n) is 9.93. The Morgan fingerprint density at radius 2 is 1.96 bits per heavy atom. The summed E-state index contributed by atoms with van der Waals surface area (Å²) in [6.45, 7) is 6.52. The molecule has 0 radical (unpaired) electrons. The van der Waals surface area contributed by atoms with Gasteiger partial charge in [0.2, 0.25) is 0 Å². The molecule has 0 saturated carbocycles. The van der Waals surface area contributed by atoms with Crippen LogP contribution in [0.1, 0.15) is 50.1 Å². The molecule has 5 nitrogen and oxygen atoms in total. The van der Waals surface area contributed by atoms with Crippen LogP contribution in [0.15, 0.2) is 24.3 Å². The highest BCUT2D eigenvalue weighted by molar-refractivity contribution is 7.17. The second kappa shape index (κ2) is 8.05. The van der Waals surface area contributed by atoms with Gasteiger partial charge >= 0.3 is 0 Å². The molecule has 1 N–H and O–H groups in total. The Morgan fingerprint density at radius 1 is 1.21 bits per heavy atom. The molecule has 1 aromatic heterocycles. The number of carbonyl (C=O) groups is 2. The van der Waals surface area contributed by atoms with Gasteiger partial charge in [-0.25, -0.2) is 0 Å². The quantitative estimate of drug-likeness (QED) is 0.853. The molecule has 2 heterocycles. The normalized spacial score (nSPS) is 19.2. The van der Waals surface area contributed by atoms with Crippen LogP contribution in [0, 0.1) is 12.8 Å². The minimum Gasteiger partial charge on any atom is -0.378 e. The Bertz CT molecular complexity index is 899. The van der Waals surface area contributed by atoms with Crippen LogP contribution in [0.2, 0.25) is 0 Å². The summed E-state index contributed by atoms with van der Waals surface area (Å²) in [5, 5.41) is 3.76. The summed E-state index contributed by atoms with van der Waals surface area (Å²) in [4.78, 5) is 29.4. The van der Waals surface area contributed by atoms with Gasteiger partial charge < -0.3 is 15.0 Å². The Labute approximate surface area is 169 Å². The van der Waals surface area contributed by atoms with Crippen LogP contribution in [-0.4, -0.2) is 43.0 Å². The highest BCUT2D eigenvalue weighted by atomic mass is 32.1. The zero-order chi connectivity index (χ0) is 19.7. The first-order chi connectivity index (χ1) is 13.5. The van der Waals surface area contributed by atoms with Gasteiger partial charge in [-0.05, 0) is 49.3 Å². The first kappa shape index (κ1) is 19.2. The Hall–Kier alpha value is -2.18. The zero-order valence-electron chi connectivity index (χ0n) is 16.4. The molecule has 0 bridgehead atoms. The summed E-state index contributed by atoms with van der Waals surface area (Å²) in [6.07, 6.45) is 2.96. The van der Waals surface area contributed by atoms with E-state index in [1.165, 1.54) is 4.88 Å². The third kappa shape index (κ3) is 3.71. The van der Waals surface area contributed by atoms with E-state index in [9.17, 15) is 9.59 Å². The van der Waals surface area contributed by atoms with E-state index in [2.05, 4.69) is 12.2 Å². The van der Waals surface area contributed by atoms with Gasteiger partial charge in [0.15, 0.2) is 0 Å². The van der Waals surface area contributed by atoms with Crippen LogP contribution in [-0.2, 0) is 17.6 Å². The van der Waals surface area contributed by atoms with Gasteiger partial charge in [-0.2, -0.15) is 0 Å². The lowest BCUT2D eigenvalue weighted by Gasteiger charge is -2.28. The van der Waals surface area contributed by atoms with Crippen molar-refractivity contribution in [3.05, 3.63) is 51.4 Å². The number of aryl methyl sites for hydroxylation is 1. The lowest BCUT2D eigenvalue weighted by Crippen LogP contribution is -2.41. The van der Waals surface area contributed by atoms with E-state index in [1.807, 2.05) is 36.1 Å². The number of nitrogens with zero attached hydrogens (tertiary/aromatic N) is 1. The van der Waals surface area contributed by atoms with Gasteiger partial charge in [0.05, 0.1) is 18.8 Å². The Kier molecular flexibility index (Phi) is 5.51. The molecule has 1 aromatic carbocycles. The molecule has 148 valence electrons. The molecule has 0 spiro atoms. The van der Waals surface area contributed by atoms with Crippen molar-refractivity contribution in [1.29, 1.82) is 0 Å². The summed E-state index contributed by atoms with van der Waals surface area (Å²) < 4.78 is 5.40. The number of benzene rings is 1. The second-order valence-corrected chi connectivity index (χ2v) is 8.83. The monoisotopic (exact) mass is 398 g/mol. The number of thiophene rings is 1. The van der Waals surface area contributed by atoms with Crippen molar-refractivity contribution in [3.8, 4) is 0 Å². The fourth-order valence-corrected chi connectivity index (χ4v) is 5.39. The predicted octanol–water partition coefficient (Wildman–Crippen LogP) is 3.91. The maximum atomic E-state index is 13.3. The van der Waals surface area contributed by atoms with E-state index >= 15 is 0 Å². The molecule has 6 heteroatoms. The lowest BCUT2D eigenvalue weighted by atomic mass is 9.88. The number of hydrogen-bond donors (Lipinski definition) is 1. The minimum atomic E-state index is -0.152. The fraction of sp³-hybridized carbons (Fsp3) is 0.455. The van der Waals surface area contributed by atoms with E-state index < -0.39 is 0 Å². The molecule has 1 aliphatic heterocycles. The van der Waals surface area contributed by atoms with Gasteiger partial charge in [0, 0.05) is 23.5 Å². The Balaban J connectivity index is 1.69. The molecular formula is C22H26N2O3S. The molecule has 2 amide bonds. The number of morpholine rings is 1. The summed E-state index contributed by atoms with van der Waals surface area (Å²) in [5.74, 6) is 0.480. The van der Waals surface area contributed by atoms with Crippen molar-refractivity contribution in [2.75, 3.05) is 31.6 Å². The minimum absolute atomic E-state index is 0.0236. The molecule has 2 aromatic rings. The third-order valence-electron chi connectivity index (χ3n) is 5.64. The van der Waals surface area contributed by atoms with Gasteiger partial charge in [-0.1, -0.05) is 25.1 Å². The number of ether oxygens (including phenoxy) is 1. The van der Waals surface area contributed by atoms with Gasteiger partial charge in [0.25, 0.3) is 11.8 Å². The van der Waals surface area contributed by atoms with Crippen LogP contribution >= 0.6 is 11.3 Å². The Morgan fingerprint density at radius 3 is 2.71 bits per heavy atom. The molecule has 2 aliphatic rings. The summed E-state index contributed by atoms with van der Waals surface area (Å²) >= 11 is 1.58. The molecule has 28 heavy (non-hydrogen) atoms. The zero-order valence-corrected chi connectivity index (χ0v) is 17.2. The van der Waals surface area contributed by atoms with Crippen molar-refractivity contribution >= 4 is 28.2 Å². The summed E-state index contributed by atoms with van der Waals surface area (Å²) in [5.41, 5.74) is 3.42. The van der Waals surface area contributed by atoms with Crippen LogP contribution in [0.4, 0.5) is 5.00 Å². The van der Waals surface area contributed by atoms with Crippen molar-refractivity contribution in [3.63, 3.8) is 0 Å². The van der Waals surface area contributed by atoms with E-state index in [4.69, 9.17) is 4.74 Å². The van der Waals surface area contributed by atoms with E-state index in [-0.39, 0.29) is 11.8 Å². The van der Waals surface area contributed by atoms with Gasteiger partial charge in [-0.15, -0.1) is 11.3 Å². The number of carbonyl (C=O) groups excluding carboxylic acids is 2. The van der Waals surface area contributed by atoms with Gasteiger partial charge in [-0.3, -0.25) is 9.59 Å². The molecule has 0 unspecified atom stereocenters. The van der Waals surface area contributed by atoms with E-state index in [0.717, 1.165) is 30.4 Å². The third-order valence-corrected chi connectivity index (χ3v) is 6.81. The second-order valence-electron chi connectivity index (χ2n) is 7.73. The largest absolute Gasteiger partial charge is 0.378 e. The maximum absolute atomic E-state index is 13.3. The molecule has 1 atom stereocenters.